The molecule has 96 valence electrons. The first-order valence-corrected chi connectivity index (χ1v) is 6.47. The third-order valence-electron chi connectivity index (χ3n) is 3.34. The zero-order valence-electron chi connectivity index (χ0n) is 11.0. The number of para-hydroxylation sites is 2. The normalized spacial score (nSPS) is 11.1. The Morgan fingerprint density at radius 1 is 1.11 bits per heavy atom. The molecular weight excluding hydrogens is 234 g/mol. The van der Waals surface area contributed by atoms with Crippen molar-refractivity contribution >= 4 is 11.0 Å². The van der Waals surface area contributed by atoms with Gasteiger partial charge in [0.1, 0.15) is 5.82 Å². The summed E-state index contributed by atoms with van der Waals surface area (Å²) in [5, 5.41) is 0. The highest BCUT2D eigenvalue weighted by molar-refractivity contribution is 5.76. The van der Waals surface area contributed by atoms with Crippen LogP contribution in [0.25, 0.3) is 11.0 Å². The van der Waals surface area contributed by atoms with Crippen LogP contribution in [-0.2, 0) is 13.1 Å². The molecule has 19 heavy (non-hydrogen) atoms. The van der Waals surface area contributed by atoms with E-state index in [2.05, 4.69) is 46.8 Å². The maximum atomic E-state index is 5.81. The summed E-state index contributed by atoms with van der Waals surface area (Å²) >= 11 is 0. The van der Waals surface area contributed by atoms with Crippen molar-refractivity contribution in [3.05, 3.63) is 65.5 Å². The molecule has 0 bridgehead atoms. The molecule has 3 heteroatoms. The highest BCUT2D eigenvalue weighted by Gasteiger charge is 2.09. The number of rotatable bonds is 3. The van der Waals surface area contributed by atoms with Gasteiger partial charge in [0, 0.05) is 6.54 Å². The van der Waals surface area contributed by atoms with Gasteiger partial charge in [0.15, 0.2) is 0 Å². The fourth-order valence-corrected chi connectivity index (χ4v) is 2.45. The van der Waals surface area contributed by atoms with Crippen LogP contribution in [0.5, 0.6) is 0 Å². The standard InChI is InChI=1S/C16H17N3/c1-12-5-4-6-13(9-12)11-19-15-8-3-2-7-14(15)18-16(19)10-17/h2-9H,10-11,17H2,1H3. The van der Waals surface area contributed by atoms with Gasteiger partial charge < -0.3 is 10.3 Å². The van der Waals surface area contributed by atoms with Crippen molar-refractivity contribution in [1.29, 1.82) is 0 Å². The predicted octanol–water partition coefficient (Wildman–Crippen LogP) is 2.85. The van der Waals surface area contributed by atoms with Crippen LogP contribution in [-0.4, -0.2) is 9.55 Å². The van der Waals surface area contributed by atoms with Crippen molar-refractivity contribution < 1.29 is 0 Å². The molecule has 0 saturated heterocycles. The van der Waals surface area contributed by atoms with Crippen molar-refractivity contribution in [2.45, 2.75) is 20.0 Å². The topological polar surface area (TPSA) is 43.8 Å². The van der Waals surface area contributed by atoms with Crippen molar-refractivity contribution in [3.63, 3.8) is 0 Å². The molecule has 0 spiro atoms. The van der Waals surface area contributed by atoms with Gasteiger partial charge in [-0.1, -0.05) is 42.0 Å². The van der Waals surface area contributed by atoms with Gasteiger partial charge in [0.25, 0.3) is 0 Å². The quantitative estimate of drug-likeness (QED) is 0.778. The van der Waals surface area contributed by atoms with Gasteiger partial charge in [0.2, 0.25) is 0 Å². The second kappa shape index (κ2) is 4.86. The highest BCUT2D eigenvalue weighted by atomic mass is 15.1. The van der Waals surface area contributed by atoms with E-state index in [1.54, 1.807) is 0 Å². The van der Waals surface area contributed by atoms with Gasteiger partial charge in [-0.2, -0.15) is 0 Å². The number of aryl methyl sites for hydroxylation is 1. The summed E-state index contributed by atoms with van der Waals surface area (Å²) in [5.74, 6) is 0.933. The Kier molecular flexibility index (Phi) is 3.05. The van der Waals surface area contributed by atoms with Crippen LogP contribution in [0.4, 0.5) is 0 Å². The summed E-state index contributed by atoms with van der Waals surface area (Å²) in [6.45, 7) is 3.38. The Morgan fingerprint density at radius 2 is 1.95 bits per heavy atom. The molecule has 0 atom stereocenters. The smallest absolute Gasteiger partial charge is 0.123 e. The van der Waals surface area contributed by atoms with Crippen LogP contribution in [0, 0.1) is 6.92 Å². The van der Waals surface area contributed by atoms with E-state index in [1.165, 1.54) is 11.1 Å². The molecule has 0 amide bonds. The molecule has 3 aromatic rings. The monoisotopic (exact) mass is 251 g/mol. The zero-order chi connectivity index (χ0) is 13.2. The summed E-state index contributed by atoms with van der Waals surface area (Å²) in [6, 6.07) is 16.7. The minimum Gasteiger partial charge on any atom is -0.324 e. The van der Waals surface area contributed by atoms with Gasteiger partial charge in [-0.15, -0.1) is 0 Å². The molecule has 2 aromatic carbocycles. The van der Waals surface area contributed by atoms with E-state index in [9.17, 15) is 0 Å². The lowest BCUT2D eigenvalue weighted by molar-refractivity contribution is 0.743. The molecule has 1 aromatic heterocycles. The fraction of sp³-hybridized carbons (Fsp3) is 0.188. The Morgan fingerprint density at radius 3 is 2.74 bits per heavy atom. The molecule has 3 nitrogen and oxygen atoms in total. The number of nitrogens with zero attached hydrogens (tertiary/aromatic N) is 2. The summed E-state index contributed by atoms with van der Waals surface area (Å²) in [5.41, 5.74) is 10.5. The Hall–Kier alpha value is -2.13. The average Bonchev–Trinajstić information content (AvgIpc) is 2.77. The highest BCUT2D eigenvalue weighted by Crippen LogP contribution is 2.18. The number of hydrogen-bond donors (Lipinski definition) is 1. The maximum absolute atomic E-state index is 5.81. The van der Waals surface area contributed by atoms with Gasteiger partial charge in [-0.3, -0.25) is 0 Å². The van der Waals surface area contributed by atoms with E-state index >= 15 is 0 Å². The summed E-state index contributed by atoms with van der Waals surface area (Å²) < 4.78 is 2.20. The molecule has 0 fully saturated rings. The van der Waals surface area contributed by atoms with Crippen LogP contribution < -0.4 is 5.73 Å². The van der Waals surface area contributed by atoms with Gasteiger partial charge in [-0.25, -0.2) is 4.98 Å². The first-order valence-electron chi connectivity index (χ1n) is 6.47. The Balaban J connectivity index is 2.08. The van der Waals surface area contributed by atoms with E-state index in [0.29, 0.717) is 6.54 Å². The minimum absolute atomic E-state index is 0.459. The van der Waals surface area contributed by atoms with Crippen LogP contribution in [0.15, 0.2) is 48.5 Å². The van der Waals surface area contributed by atoms with E-state index in [0.717, 1.165) is 23.4 Å². The minimum atomic E-state index is 0.459. The summed E-state index contributed by atoms with van der Waals surface area (Å²) in [7, 11) is 0. The lowest BCUT2D eigenvalue weighted by Gasteiger charge is -2.09. The van der Waals surface area contributed by atoms with Crippen molar-refractivity contribution in [1.82, 2.24) is 9.55 Å². The second-order valence-electron chi connectivity index (χ2n) is 4.80. The van der Waals surface area contributed by atoms with Crippen LogP contribution in [0.2, 0.25) is 0 Å². The fourth-order valence-electron chi connectivity index (χ4n) is 2.45. The number of benzene rings is 2. The van der Waals surface area contributed by atoms with E-state index in [1.807, 2.05) is 18.2 Å². The average molecular weight is 251 g/mol. The predicted molar refractivity (Wildman–Crippen MR) is 77.9 cm³/mol. The van der Waals surface area contributed by atoms with Crippen molar-refractivity contribution in [3.8, 4) is 0 Å². The van der Waals surface area contributed by atoms with Crippen LogP contribution in [0.3, 0.4) is 0 Å². The largest absolute Gasteiger partial charge is 0.324 e. The number of fused-ring (bicyclic) bond motifs is 1. The van der Waals surface area contributed by atoms with Crippen molar-refractivity contribution in [2.24, 2.45) is 5.73 Å². The van der Waals surface area contributed by atoms with E-state index in [-0.39, 0.29) is 0 Å². The van der Waals surface area contributed by atoms with Gasteiger partial charge >= 0.3 is 0 Å². The molecule has 0 saturated carbocycles. The number of aromatic nitrogens is 2. The zero-order valence-corrected chi connectivity index (χ0v) is 11.0. The molecule has 1 heterocycles. The number of hydrogen-bond acceptors (Lipinski definition) is 2. The SMILES string of the molecule is Cc1cccc(Cn2c(CN)nc3ccccc32)c1. The second-order valence-corrected chi connectivity index (χ2v) is 4.80. The van der Waals surface area contributed by atoms with Crippen LogP contribution >= 0.6 is 0 Å². The molecule has 0 aliphatic carbocycles. The number of nitrogens with two attached hydrogens (primary N) is 1. The van der Waals surface area contributed by atoms with Crippen LogP contribution in [0.1, 0.15) is 17.0 Å². The molecule has 2 N–H and O–H groups in total. The third kappa shape index (κ3) is 2.25. The first kappa shape index (κ1) is 11.9. The Bertz CT molecular complexity index is 713. The summed E-state index contributed by atoms with van der Waals surface area (Å²) in [6.07, 6.45) is 0. The molecule has 0 aliphatic rings. The maximum Gasteiger partial charge on any atom is 0.123 e. The Labute approximate surface area is 112 Å². The van der Waals surface area contributed by atoms with Gasteiger partial charge in [0.05, 0.1) is 17.6 Å². The molecule has 3 rings (SSSR count). The van der Waals surface area contributed by atoms with E-state index < -0.39 is 0 Å². The first-order chi connectivity index (χ1) is 9.28. The number of imidazole rings is 1. The molecule has 0 aliphatic heterocycles. The van der Waals surface area contributed by atoms with Crippen molar-refractivity contribution in [2.75, 3.05) is 0 Å². The summed E-state index contributed by atoms with van der Waals surface area (Å²) in [4.78, 5) is 4.59. The van der Waals surface area contributed by atoms with E-state index in [4.69, 9.17) is 5.73 Å². The third-order valence-corrected chi connectivity index (χ3v) is 3.34. The molecular formula is C16H17N3. The molecule has 0 radical (unpaired) electrons. The molecule has 0 unspecified atom stereocenters. The lowest BCUT2D eigenvalue weighted by Crippen LogP contribution is -2.09. The van der Waals surface area contributed by atoms with Gasteiger partial charge in [-0.05, 0) is 24.6 Å². The lowest BCUT2D eigenvalue weighted by atomic mass is 10.1.